The lowest BCUT2D eigenvalue weighted by atomic mass is 10.1. The molecule has 12 heavy (non-hydrogen) atoms. The van der Waals surface area contributed by atoms with E-state index in [1.807, 2.05) is 4.57 Å². The van der Waals surface area contributed by atoms with Crippen molar-refractivity contribution >= 4 is 5.78 Å². The third-order valence-electron chi connectivity index (χ3n) is 1.72. The number of imidazole rings is 1. The molecular formula is C9H14N2O. The van der Waals surface area contributed by atoms with E-state index in [1.165, 1.54) is 6.92 Å². The predicted octanol–water partition coefficient (Wildman–Crippen LogP) is 1.84. The first kappa shape index (κ1) is 8.97. The summed E-state index contributed by atoms with van der Waals surface area (Å²) in [5, 5.41) is 0. The topological polar surface area (TPSA) is 34.9 Å². The molecule has 0 atom stereocenters. The van der Waals surface area contributed by atoms with Crippen LogP contribution in [0.15, 0.2) is 12.5 Å². The van der Waals surface area contributed by atoms with Gasteiger partial charge in [-0.05, 0) is 20.8 Å². The molecule has 0 aliphatic rings. The Morgan fingerprint density at radius 1 is 1.50 bits per heavy atom. The molecule has 0 N–H and O–H groups in total. The highest BCUT2D eigenvalue weighted by Crippen LogP contribution is 2.13. The molecule has 0 amide bonds. The van der Waals surface area contributed by atoms with Gasteiger partial charge in [0, 0.05) is 18.7 Å². The molecule has 1 heterocycles. The molecule has 0 aromatic carbocycles. The minimum absolute atomic E-state index is 0.000694. The number of hydrogen-bond donors (Lipinski definition) is 0. The second kappa shape index (κ2) is 2.73. The van der Waals surface area contributed by atoms with E-state index in [2.05, 4.69) is 25.8 Å². The molecule has 66 valence electrons. The lowest BCUT2D eigenvalue weighted by Crippen LogP contribution is -2.19. The van der Waals surface area contributed by atoms with Crippen LogP contribution in [0.1, 0.15) is 38.2 Å². The normalized spacial score (nSPS) is 11.7. The van der Waals surface area contributed by atoms with E-state index in [0.29, 0.717) is 5.69 Å². The minimum atomic E-state index is 0.000694. The van der Waals surface area contributed by atoms with E-state index < -0.39 is 0 Å². The fourth-order valence-corrected chi connectivity index (χ4v) is 0.871. The third-order valence-corrected chi connectivity index (χ3v) is 1.72. The standard InChI is InChI=1S/C9H14N2O/c1-7(12)8-5-11(6-10-8)9(2,3)4/h5-6H,1-4H3. The van der Waals surface area contributed by atoms with Crippen LogP contribution >= 0.6 is 0 Å². The van der Waals surface area contributed by atoms with Gasteiger partial charge in [0.05, 0.1) is 6.33 Å². The van der Waals surface area contributed by atoms with Crippen molar-refractivity contribution in [1.29, 1.82) is 0 Å². The molecule has 0 aliphatic carbocycles. The van der Waals surface area contributed by atoms with Crippen LogP contribution < -0.4 is 0 Å². The van der Waals surface area contributed by atoms with Gasteiger partial charge in [-0.25, -0.2) is 4.98 Å². The van der Waals surface area contributed by atoms with Crippen LogP contribution in [0.3, 0.4) is 0 Å². The maximum absolute atomic E-state index is 10.9. The Morgan fingerprint density at radius 2 is 2.08 bits per heavy atom. The smallest absolute Gasteiger partial charge is 0.179 e. The number of Topliss-reactive ketones (excluding diaryl/α,β-unsaturated/α-hetero) is 1. The van der Waals surface area contributed by atoms with Crippen molar-refractivity contribution in [3.05, 3.63) is 18.2 Å². The van der Waals surface area contributed by atoms with Gasteiger partial charge in [0.15, 0.2) is 5.78 Å². The second-order valence-electron chi connectivity index (χ2n) is 3.89. The minimum Gasteiger partial charge on any atom is -0.331 e. The molecule has 1 aromatic heterocycles. The monoisotopic (exact) mass is 166 g/mol. The summed E-state index contributed by atoms with van der Waals surface area (Å²) in [4.78, 5) is 14.9. The van der Waals surface area contributed by atoms with Gasteiger partial charge in [0.1, 0.15) is 5.69 Å². The summed E-state index contributed by atoms with van der Waals surface area (Å²) in [6.45, 7) is 7.73. The zero-order valence-electron chi connectivity index (χ0n) is 7.96. The van der Waals surface area contributed by atoms with Crippen molar-refractivity contribution in [1.82, 2.24) is 9.55 Å². The second-order valence-corrected chi connectivity index (χ2v) is 3.89. The van der Waals surface area contributed by atoms with Crippen LogP contribution in [0.2, 0.25) is 0 Å². The lowest BCUT2D eigenvalue weighted by Gasteiger charge is -2.19. The summed E-state index contributed by atoms with van der Waals surface area (Å²) in [5.74, 6) is 0.0120. The molecule has 0 saturated heterocycles. The first-order valence-corrected chi connectivity index (χ1v) is 3.96. The van der Waals surface area contributed by atoms with E-state index >= 15 is 0 Å². The molecule has 0 unspecified atom stereocenters. The average molecular weight is 166 g/mol. The summed E-state index contributed by atoms with van der Waals surface area (Å²) < 4.78 is 1.93. The summed E-state index contributed by atoms with van der Waals surface area (Å²) in [5.41, 5.74) is 0.533. The Morgan fingerprint density at radius 3 is 2.33 bits per heavy atom. The molecular weight excluding hydrogens is 152 g/mol. The summed E-state index contributed by atoms with van der Waals surface area (Å²) >= 11 is 0. The molecule has 1 aromatic rings. The fraction of sp³-hybridized carbons (Fsp3) is 0.556. The van der Waals surface area contributed by atoms with Crippen LogP contribution in [0.5, 0.6) is 0 Å². The quantitative estimate of drug-likeness (QED) is 0.597. The van der Waals surface area contributed by atoms with E-state index in [-0.39, 0.29) is 11.3 Å². The number of carbonyl (C=O) groups is 1. The zero-order valence-corrected chi connectivity index (χ0v) is 7.96. The van der Waals surface area contributed by atoms with E-state index in [9.17, 15) is 4.79 Å². The highest BCUT2D eigenvalue weighted by molar-refractivity contribution is 5.91. The van der Waals surface area contributed by atoms with Gasteiger partial charge in [0.25, 0.3) is 0 Å². The molecule has 0 radical (unpaired) electrons. The van der Waals surface area contributed by atoms with Crippen molar-refractivity contribution in [2.45, 2.75) is 33.2 Å². The maximum Gasteiger partial charge on any atom is 0.179 e. The van der Waals surface area contributed by atoms with Crippen LogP contribution in [0.25, 0.3) is 0 Å². The van der Waals surface area contributed by atoms with Gasteiger partial charge in [-0.1, -0.05) is 0 Å². The predicted molar refractivity (Wildman–Crippen MR) is 47.2 cm³/mol. The third kappa shape index (κ3) is 1.72. The van der Waals surface area contributed by atoms with Gasteiger partial charge in [0.2, 0.25) is 0 Å². The molecule has 0 spiro atoms. The van der Waals surface area contributed by atoms with Crippen LogP contribution in [-0.4, -0.2) is 15.3 Å². The maximum atomic E-state index is 10.9. The summed E-state index contributed by atoms with van der Waals surface area (Å²) in [6, 6.07) is 0. The summed E-state index contributed by atoms with van der Waals surface area (Å²) in [7, 11) is 0. The Kier molecular flexibility index (Phi) is 2.04. The number of hydrogen-bond acceptors (Lipinski definition) is 2. The number of ketones is 1. The van der Waals surface area contributed by atoms with Crippen molar-refractivity contribution in [3.8, 4) is 0 Å². The first-order chi connectivity index (χ1) is 5.41. The van der Waals surface area contributed by atoms with Gasteiger partial charge < -0.3 is 4.57 Å². The van der Waals surface area contributed by atoms with Crippen LogP contribution in [-0.2, 0) is 5.54 Å². The molecule has 1 rings (SSSR count). The number of nitrogens with zero attached hydrogens (tertiary/aromatic N) is 2. The highest BCUT2D eigenvalue weighted by Gasteiger charge is 2.14. The highest BCUT2D eigenvalue weighted by atomic mass is 16.1. The zero-order chi connectivity index (χ0) is 9.35. The van der Waals surface area contributed by atoms with Gasteiger partial charge in [-0.15, -0.1) is 0 Å². The molecule has 0 saturated carbocycles. The SMILES string of the molecule is CC(=O)c1cn(C(C)(C)C)cn1. The van der Waals surface area contributed by atoms with Crippen molar-refractivity contribution in [3.63, 3.8) is 0 Å². The van der Waals surface area contributed by atoms with Crippen molar-refractivity contribution in [2.75, 3.05) is 0 Å². The Labute approximate surface area is 72.4 Å². The van der Waals surface area contributed by atoms with Crippen LogP contribution in [0, 0.1) is 0 Å². The van der Waals surface area contributed by atoms with Gasteiger partial charge in [-0.2, -0.15) is 0 Å². The average Bonchev–Trinajstić information content (AvgIpc) is 2.30. The van der Waals surface area contributed by atoms with Crippen molar-refractivity contribution in [2.24, 2.45) is 0 Å². The van der Waals surface area contributed by atoms with Gasteiger partial charge in [-0.3, -0.25) is 4.79 Å². The number of carbonyl (C=O) groups excluding carboxylic acids is 1. The molecule has 3 heteroatoms. The Balaban J connectivity index is 3.00. The number of aromatic nitrogens is 2. The lowest BCUT2D eigenvalue weighted by molar-refractivity contribution is 0.101. The molecule has 0 fully saturated rings. The Hall–Kier alpha value is -1.12. The molecule has 0 aliphatic heterocycles. The summed E-state index contributed by atoms with van der Waals surface area (Å²) in [6.07, 6.45) is 3.47. The van der Waals surface area contributed by atoms with Crippen LogP contribution in [0.4, 0.5) is 0 Å². The first-order valence-electron chi connectivity index (χ1n) is 3.96. The van der Waals surface area contributed by atoms with E-state index in [0.717, 1.165) is 0 Å². The van der Waals surface area contributed by atoms with E-state index in [4.69, 9.17) is 0 Å². The van der Waals surface area contributed by atoms with E-state index in [1.54, 1.807) is 12.5 Å². The fourth-order valence-electron chi connectivity index (χ4n) is 0.871. The van der Waals surface area contributed by atoms with Crippen molar-refractivity contribution < 1.29 is 4.79 Å². The Bertz CT molecular complexity index is 294. The largest absolute Gasteiger partial charge is 0.331 e. The molecule has 0 bridgehead atoms. The van der Waals surface area contributed by atoms with Gasteiger partial charge >= 0.3 is 0 Å². The number of rotatable bonds is 1. The molecule has 3 nitrogen and oxygen atoms in total.